The lowest BCUT2D eigenvalue weighted by Crippen LogP contribution is -2.42. The summed E-state index contributed by atoms with van der Waals surface area (Å²) in [5.74, 6) is 0.679. The van der Waals surface area contributed by atoms with Gasteiger partial charge in [-0.15, -0.1) is 0 Å². The average molecular weight is 299 g/mol. The Morgan fingerprint density at radius 3 is 2.36 bits per heavy atom. The molecule has 0 fully saturated rings. The summed E-state index contributed by atoms with van der Waals surface area (Å²) in [5.41, 5.74) is 1.71. The van der Waals surface area contributed by atoms with Crippen LogP contribution in [0.2, 0.25) is 0 Å². The van der Waals surface area contributed by atoms with Crippen LogP contribution < -0.4 is 0 Å². The van der Waals surface area contributed by atoms with Crippen LogP contribution in [0.25, 0.3) is 11.5 Å². The minimum absolute atomic E-state index is 0.0773. The molecule has 0 aromatic carbocycles. The topological polar surface area (TPSA) is 62.2 Å². The summed E-state index contributed by atoms with van der Waals surface area (Å²) in [6.45, 7) is 2.51. The Morgan fingerprint density at radius 2 is 1.82 bits per heavy atom. The van der Waals surface area contributed by atoms with Crippen LogP contribution in [0.15, 0.2) is 36.8 Å². The second kappa shape index (κ2) is 7.09. The zero-order chi connectivity index (χ0) is 16.1. The lowest BCUT2D eigenvalue weighted by atomic mass is 10.2. The molecule has 6 heteroatoms. The first-order valence-electron chi connectivity index (χ1n) is 7.12. The van der Waals surface area contributed by atoms with Crippen molar-refractivity contribution in [3.05, 3.63) is 42.4 Å². The van der Waals surface area contributed by atoms with Crippen molar-refractivity contribution < 1.29 is 4.79 Å². The standard InChI is InChI=1S/C16H21N5O/c1-12(16(22)20(2)3)21(4)11-13-9-18-15(19-10-13)14-7-5-6-8-17-14/h5-10,12H,11H2,1-4H3. The molecule has 0 radical (unpaired) electrons. The largest absolute Gasteiger partial charge is 0.347 e. The predicted octanol–water partition coefficient (Wildman–Crippen LogP) is 1.45. The molecule has 0 spiro atoms. The van der Waals surface area contributed by atoms with E-state index in [0.29, 0.717) is 12.4 Å². The van der Waals surface area contributed by atoms with Gasteiger partial charge in [0.1, 0.15) is 5.69 Å². The highest BCUT2D eigenvalue weighted by molar-refractivity contribution is 5.80. The third-order valence-electron chi connectivity index (χ3n) is 3.49. The molecule has 0 bridgehead atoms. The van der Waals surface area contributed by atoms with Crippen molar-refractivity contribution in [3.8, 4) is 11.5 Å². The molecule has 0 saturated heterocycles. The minimum atomic E-state index is -0.189. The molecule has 0 N–H and O–H groups in total. The number of pyridine rings is 1. The van der Waals surface area contributed by atoms with Gasteiger partial charge in [0, 0.05) is 44.8 Å². The van der Waals surface area contributed by atoms with Crippen molar-refractivity contribution in [3.63, 3.8) is 0 Å². The zero-order valence-electron chi connectivity index (χ0n) is 13.4. The van der Waals surface area contributed by atoms with Crippen LogP contribution in [-0.4, -0.2) is 57.8 Å². The van der Waals surface area contributed by atoms with Crippen molar-refractivity contribution in [2.75, 3.05) is 21.1 Å². The Hall–Kier alpha value is -2.34. The van der Waals surface area contributed by atoms with E-state index in [-0.39, 0.29) is 11.9 Å². The van der Waals surface area contributed by atoms with Crippen molar-refractivity contribution in [1.29, 1.82) is 0 Å². The maximum absolute atomic E-state index is 12.0. The molecule has 0 aliphatic rings. The fourth-order valence-corrected chi connectivity index (χ4v) is 2.05. The van der Waals surface area contributed by atoms with E-state index < -0.39 is 0 Å². The molecule has 6 nitrogen and oxygen atoms in total. The van der Waals surface area contributed by atoms with Gasteiger partial charge in [-0.1, -0.05) is 6.07 Å². The van der Waals surface area contributed by atoms with Crippen molar-refractivity contribution in [1.82, 2.24) is 24.8 Å². The Labute approximate surface area is 130 Å². The van der Waals surface area contributed by atoms with E-state index in [1.807, 2.05) is 37.1 Å². The van der Waals surface area contributed by atoms with Gasteiger partial charge in [0.25, 0.3) is 0 Å². The molecule has 1 amide bonds. The van der Waals surface area contributed by atoms with Gasteiger partial charge in [-0.2, -0.15) is 0 Å². The summed E-state index contributed by atoms with van der Waals surface area (Å²) in [6.07, 6.45) is 5.27. The van der Waals surface area contributed by atoms with Crippen molar-refractivity contribution >= 4 is 5.91 Å². The molecule has 1 unspecified atom stereocenters. The van der Waals surface area contributed by atoms with Crippen LogP contribution in [-0.2, 0) is 11.3 Å². The zero-order valence-corrected chi connectivity index (χ0v) is 13.4. The lowest BCUT2D eigenvalue weighted by molar-refractivity contribution is -0.133. The number of hydrogen-bond acceptors (Lipinski definition) is 5. The molecule has 1 atom stereocenters. The third-order valence-corrected chi connectivity index (χ3v) is 3.49. The van der Waals surface area contributed by atoms with Crippen LogP contribution in [0.3, 0.4) is 0 Å². The number of aromatic nitrogens is 3. The van der Waals surface area contributed by atoms with E-state index in [4.69, 9.17) is 0 Å². The summed E-state index contributed by atoms with van der Waals surface area (Å²) in [5, 5.41) is 0. The highest BCUT2D eigenvalue weighted by Gasteiger charge is 2.19. The maximum atomic E-state index is 12.0. The number of nitrogens with zero attached hydrogens (tertiary/aromatic N) is 5. The molecule has 0 aliphatic heterocycles. The molecule has 2 aromatic rings. The van der Waals surface area contributed by atoms with Gasteiger partial charge in [0.2, 0.25) is 5.91 Å². The fourth-order valence-electron chi connectivity index (χ4n) is 2.05. The van der Waals surface area contributed by atoms with E-state index in [0.717, 1.165) is 11.3 Å². The second-order valence-corrected chi connectivity index (χ2v) is 5.45. The van der Waals surface area contributed by atoms with Crippen LogP contribution in [0, 0.1) is 0 Å². The van der Waals surface area contributed by atoms with Gasteiger partial charge < -0.3 is 4.90 Å². The summed E-state index contributed by atoms with van der Waals surface area (Å²) >= 11 is 0. The second-order valence-electron chi connectivity index (χ2n) is 5.45. The molecule has 0 saturated carbocycles. The summed E-state index contributed by atoms with van der Waals surface area (Å²) in [4.78, 5) is 28.4. The fraction of sp³-hybridized carbons (Fsp3) is 0.375. The smallest absolute Gasteiger partial charge is 0.239 e. The van der Waals surface area contributed by atoms with Gasteiger partial charge in [-0.25, -0.2) is 9.97 Å². The minimum Gasteiger partial charge on any atom is -0.347 e. The van der Waals surface area contributed by atoms with E-state index in [1.165, 1.54) is 0 Å². The van der Waals surface area contributed by atoms with Gasteiger partial charge in [-0.05, 0) is 26.1 Å². The highest BCUT2D eigenvalue weighted by Crippen LogP contribution is 2.11. The quantitative estimate of drug-likeness (QED) is 0.836. The van der Waals surface area contributed by atoms with Crippen LogP contribution >= 0.6 is 0 Å². The van der Waals surface area contributed by atoms with E-state index >= 15 is 0 Å². The van der Waals surface area contributed by atoms with E-state index in [1.54, 1.807) is 37.6 Å². The molecule has 116 valence electrons. The molecule has 2 heterocycles. The van der Waals surface area contributed by atoms with Gasteiger partial charge in [-0.3, -0.25) is 14.7 Å². The summed E-state index contributed by atoms with van der Waals surface area (Å²) in [7, 11) is 5.44. The molecule has 0 aliphatic carbocycles. The molecule has 22 heavy (non-hydrogen) atoms. The van der Waals surface area contributed by atoms with Crippen molar-refractivity contribution in [2.45, 2.75) is 19.5 Å². The number of likely N-dealkylation sites (N-methyl/N-ethyl adjacent to an activating group) is 2. The lowest BCUT2D eigenvalue weighted by Gasteiger charge is -2.26. The first-order chi connectivity index (χ1) is 10.5. The highest BCUT2D eigenvalue weighted by atomic mass is 16.2. The van der Waals surface area contributed by atoms with Crippen LogP contribution in [0.4, 0.5) is 0 Å². The number of rotatable bonds is 5. The molecule has 2 rings (SSSR count). The normalized spacial score (nSPS) is 12.2. The number of carbonyl (C=O) groups is 1. The maximum Gasteiger partial charge on any atom is 0.239 e. The Kier molecular flexibility index (Phi) is 5.16. The monoisotopic (exact) mass is 299 g/mol. The predicted molar refractivity (Wildman–Crippen MR) is 84.9 cm³/mol. The van der Waals surface area contributed by atoms with Crippen LogP contribution in [0.5, 0.6) is 0 Å². The number of hydrogen-bond donors (Lipinski definition) is 0. The average Bonchev–Trinajstić information content (AvgIpc) is 2.54. The molecular weight excluding hydrogens is 278 g/mol. The van der Waals surface area contributed by atoms with E-state index in [2.05, 4.69) is 15.0 Å². The Bertz CT molecular complexity index is 612. The Morgan fingerprint density at radius 1 is 1.14 bits per heavy atom. The third kappa shape index (κ3) is 3.85. The van der Waals surface area contributed by atoms with Gasteiger partial charge >= 0.3 is 0 Å². The first kappa shape index (κ1) is 16.0. The molecule has 2 aromatic heterocycles. The van der Waals surface area contributed by atoms with Crippen LogP contribution in [0.1, 0.15) is 12.5 Å². The summed E-state index contributed by atoms with van der Waals surface area (Å²) in [6, 6.07) is 5.45. The molecular formula is C16H21N5O. The van der Waals surface area contributed by atoms with Gasteiger partial charge in [0.15, 0.2) is 5.82 Å². The Balaban J connectivity index is 2.04. The van der Waals surface area contributed by atoms with Crippen molar-refractivity contribution in [2.24, 2.45) is 0 Å². The first-order valence-corrected chi connectivity index (χ1v) is 7.12. The number of amides is 1. The number of carbonyl (C=O) groups excluding carboxylic acids is 1. The summed E-state index contributed by atoms with van der Waals surface area (Å²) < 4.78 is 0. The SMILES string of the molecule is CC(C(=O)N(C)C)N(C)Cc1cnc(-c2ccccn2)nc1. The van der Waals surface area contributed by atoms with Gasteiger partial charge in [0.05, 0.1) is 6.04 Å². The van der Waals surface area contributed by atoms with E-state index in [9.17, 15) is 4.79 Å².